The molecule has 0 aliphatic heterocycles. The molecule has 8 aromatic rings. The lowest BCUT2D eigenvalue weighted by molar-refractivity contribution is 0.669. The van der Waals surface area contributed by atoms with Gasteiger partial charge in [-0.1, -0.05) is 78.4 Å². The van der Waals surface area contributed by atoms with E-state index >= 15 is 0 Å². The molecule has 6 aromatic carbocycles. The molecule has 0 radical (unpaired) electrons. The molecule has 0 spiro atoms. The Bertz CT molecular complexity index is 2150. The van der Waals surface area contributed by atoms with Crippen LogP contribution in [0.2, 0.25) is 0 Å². The lowest BCUT2D eigenvalue weighted by Crippen LogP contribution is -1.89. The summed E-state index contributed by atoms with van der Waals surface area (Å²) in [5.74, 6) is 0. The molecule has 0 unspecified atom stereocenters. The minimum atomic E-state index is 0.923. The van der Waals surface area contributed by atoms with Crippen LogP contribution in [0.15, 0.2) is 120 Å². The second-order valence-electron chi connectivity index (χ2n) is 9.95. The van der Waals surface area contributed by atoms with E-state index in [0.29, 0.717) is 0 Å². The summed E-state index contributed by atoms with van der Waals surface area (Å²) >= 11 is 0. The van der Waals surface area contributed by atoms with Crippen molar-refractivity contribution in [3.05, 3.63) is 121 Å². The number of hydrogen-bond acceptors (Lipinski definition) is 3. The minimum Gasteiger partial charge on any atom is -0.456 e. The standard InChI is InChI=1S/C35H22N2O/c1-21-6-14-32-30(18-21)31-20-25(12-15-33(31)38-32)23-9-7-22(8-10-23)24-11-13-28-29(19-24)26-4-2-3-5-27(26)34-35(28)37-17-16-36-34/h2-20H,1H3. The average Bonchev–Trinajstić information content (AvgIpc) is 3.34. The molecule has 0 atom stereocenters. The van der Waals surface area contributed by atoms with Crippen molar-refractivity contribution in [1.82, 2.24) is 9.97 Å². The lowest BCUT2D eigenvalue weighted by atomic mass is 9.94. The number of rotatable bonds is 2. The Kier molecular flexibility index (Phi) is 4.44. The molecule has 3 nitrogen and oxygen atoms in total. The molecule has 0 aliphatic rings. The molecule has 38 heavy (non-hydrogen) atoms. The van der Waals surface area contributed by atoms with Gasteiger partial charge in [0.1, 0.15) is 11.2 Å². The van der Waals surface area contributed by atoms with Crippen molar-refractivity contribution in [2.24, 2.45) is 0 Å². The van der Waals surface area contributed by atoms with Crippen LogP contribution in [0.25, 0.3) is 76.8 Å². The number of fused-ring (bicyclic) bond motifs is 9. The first-order valence-corrected chi connectivity index (χ1v) is 12.8. The topological polar surface area (TPSA) is 38.9 Å². The highest BCUT2D eigenvalue weighted by atomic mass is 16.3. The molecule has 0 amide bonds. The van der Waals surface area contributed by atoms with Crippen molar-refractivity contribution in [1.29, 1.82) is 0 Å². The van der Waals surface area contributed by atoms with Crippen LogP contribution in [0.1, 0.15) is 5.56 Å². The lowest BCUT2D eigenvalue weighted by Gasteiger charge is -2.11. The van der Waals surface area contributed by atoms with Crippen molar-refractivity contribution < 1.29 is 4.42 Å². The average molecular weight is 487 g/mol. The van der Waals surface area contributed by atoms with Crippen molar-refractivity contribution in [3.8, 4) is 22.3 Å². The summed E-state index contributed by atoms with van der Waals surface area (Å²) in [6.07, 6.45) is 3.54. The number of furan rings is 1. The maximum Gasteiger partial charge on any atom is 0.135 e. The van der Waals surface area contributed by atoms with Gasteiger partial charge in [-0.2, -0.15) is 0 Å². The second kappa shape index (κ2) is 7.99. The molecule has 8 rings (SSSR count). The van der Waals surface area contributed by atoms with Gasteiger partial charge in [0.05, 0.1) is 11.0 Å². The summed E-state index contributed by atoms with van der Waals surface area (Å²) in [5.41, 5.74) is 9.72. The first-order valence-electron chi connectivity index (χ1n) is 12.8. The first-order chi connectivity index (χ1) is 18.7. The Morgan fingerprint density at radius 1 is 0.447 bits per heavy atom. The molecular formula is C35H22N2O. The van der Waals surface area contributed by atoms with Crippen molar-refractivity contribution >= 4 is 54.5 Å². The molecular weight excluding hydrogens is 464 g/mol. The molecule has 178 valence electrons. The predicted octanol–water partition coefficient (Wildman–Crippen LogP) is 9.48. The van der Waals surface area contributed by atoms with Gasteiger partial charge in [-0.15, -0.1) is 0 Å². The van der Waals surface area contributed by atoms with E-state index in [4.69, 9.17) is 4.42 Å². The van der Waals surface area contributed by atoms with Gasteiger partial charge >= 0.3 is 0 Å². The molecule has 2 aromatic heterocycles. The van der Waals surface area contributed by atoms with Crippen LogP contribution in [0.5, 0.6) is 0 Å². The van der Waals surface area contributed by atoms with Gasteiger partial charge in [0, 0.05) is 33.9 Å². The first kappa shape index (κ1) is 21.1. The third-order valence-electron chi connectivity index (χ3n) is 7.62. The monoisotopic (exact) mass is 486 g/mol. The fourth-order valence-corrected chi connectivity index (χ4v) is 5.74. The van der Waals surface area contributed by atoms with Crippen LogP contribution < -0.4 is 0 Å². The highest BCUT2D eigenvalue weighted by molar-refractivity contribution is 6.23. The largest absolute Gasteiger partial charge is 0.456 e. The zero-order chi connectivity index (χ0) is 25.2. The Hall–Kier alpha value is -5.02. The maximum atomic E-state index is 6.06. The summed E-state index contributed by atoms with van der Waals surface area (Å²) in [6.45, 7) is 2.12. The number of benzene rings is 6. The van der Waals surface area contributed by atoms with Gasteiger partial charge < -0.3 is 4.42 Å². The van der Waals surface area contributed by atoms with Crippen molar-refractivity contribution in [2.75, 3.05) is 0 Å². The van der Waals surface area contributed by atoms with Gasteiger partial charge in [-0.05, 0) is 70.3 Å². The van der Waals surface area contributed by atoms with Crippen molar-refractivity contribution in [3.63, 3.8) is 0 Å². The van der Waals surface area contributed by atoms with Crippen LogP contribution in [0.3, 0.4) is 0 Å². The summed E-state index contributed by atoms with van der Waals surface area (Å²) in [5, 5.41) is 6.98. The third kappa shape index (κ3) is 3.15. The quantitative estimate of drug-likeness (QED) is 0.228. The normalized spacial score (nSPS) is 11.8. The SMILES string of the molecule is Cc1ccc2oc3ccc(-c4ccc(-c5ccc6c(c5)c5ccccc5c5nccnc65)cc4)cc3c2c1. The minimum absolute atomic E-state index is 0.923. The molecule has 0 N–H and O–H groups in total. The van der Waals surface area contributed by atoms with E-state index < -0.39 is 0 Å². The second-order valence-corrected chi connectivity index (χ2v) is 9.95. The zero-order valence-corrected chi connectivity index (χ0v) is 20.8. The summed E-state index contributed by atoms with van der Waals surface area (Å²) in [4.78, 5) is 9.33. The number of aryl methyl sites for hydroxylation is 1. The Morgan fingerprint density at radius 3 is 1.68 bits per heavy atom. The third-order valence-corrected chi connectivity index (χ3v) is 7.62. The maximum absolute atomic E-state index is 6.06. The van der Waals surface area contributed by atoms with E-state index in [9.17, 15) is 0 Å². The predicted molar refractivity (Wildman–Crippen MR) is 157 cm³/mol. The molecule has 0 aliphatic carbocycles. The van der Waals surface area contributed by atoms with Crippen LogP contribution in [0, 0.1) is 6.92 Å². The van der Waals surface area contributed by atoms with Crippen LogP contribution in [-0.2, 0) is 0 Å². The number of nitrogens with zero attached hydrogens (tertiary/aromatic N) is 2. The highest BCUT2D eigenvalue weighted by Crippen LogP contribution is 2.37. The summed E-state index contributed by atoms with van der Waals surface area (Å²) in [6, 6.07) is 36.8. The molecule has 0 bridgehead atoms. The van der Waals surface area contributed by atoms with E-state index in [2.05, 4.69) is 120 Å². The molecule has 3 heteroatoms. The summed E-state index contributed by atoms with van der Waals surface area (Å²) < 4.78 is 6.06. The van der Waals surface area contributed by atoms with Gasteiger partial charge in [0.2, 0.25) is 0 Å². The number of hydrogen-bond donors (Lipinski definition) is 0. The molecule has 0 fully saturated rings. The summed E-state index contributed by atoms with van der Waals surface area (Å²) in [7, 11) is 0. The van der Waals surface area contributed by atoms with E-state index in [1.54, 1.807) is 12.4 Å². The fourth-order valence-electron chi connectivity index (χ4n) is 5.74. The van der Waals surface area contributed by atoms with Gasteiger partial charge in [0.25, 0.3) is 0 Å². The molecule has 2 heterocycles. The fraction of sp³-hybridized carbons (Fsp3) is 0.0286. The highest BCUT2D eigenvalue weighted by Gasteiger charge is 2.12. The smallest absolute Gasteiger partial charge is 0.135 e. The Labute approximate surface area is 219 Å². The van der Waals surface area contributed by atoms with Gasteiger partial charge in [-0.25, -0.2) is 0 Å². The van der Waals surface area contributed by atoms with E-state index in [1.807, 2.05) is 0 Å². The van der Waals surface area contributed by atoms with Crippen LogP contribution in [-0.4, -0.2) is 9.97 Å². The van der Waals surface area contributed by atoms with E-state index in [-0.39, 0.29) is 0 Å². The molecule has 0 saturated carbocycles. The van der Waals surface area contributed by atoms with Crippen LogP contribution >= 0.6 is 0 Å². The Morgan fingerprint density at radius 2 is 0.974 bits per heavy atom. The van der Waals surface area contributed by atoms with E-state index in [0.717, 1.165) is 38.4 Å². The van der Waals surface area contributed by atoms with E-state index in [1.165, 1.54) is 44.0 Å². The van der Waals surface area contributed by atoms with Gasteiger partial charge in [0.15, 0.2) is 0 Å². The van der Waals surface area contributed by atoms with Crippen molar-refractivity contribution in [2.45, 2.75) is 6.92 Å². The molecule has 0 saturated heterocycles. The van der Waals surface area contributed by atoms with Crippen LogP contribution in [0.4, 0.5) is 0 Å². The van der Waals surface area contributed by atoms with Gasteiger partial charge in [-0.3, -0.25) is 9.97 Å². The Balaban J connectivity index is 1.24. The number of aromatic nitrogens is 2. The zero-order valence-electron chi connectivity index (χ0n) is 20.8.